The normalized spacial score (nSPS) is 20.9. The number of nitrogens with one attached hydrogen (secondary N) is 1. The number of carbonyl (C=O) groups is 2. The highest BCUT2D eigenvalue weighted by molar-refractivity contribution is 6.00. The fourth-order valence-electron chi connectivity index (χ4n) is 4.15. The van der Waals surface area contributed by atoms with Crippen LogP contribution in [-0.2, 0) is 14.3 Å². The standard InChI is InChI=1S/C23H26FN3O3/c24-19-8-4-5-9-20(19)27-16-18(14-22(27)28)23(29)25-15-21(17-6-2-1-3-7-17)26-10-12-30-13-11-26/h1-9,18,21H,10-16H2,(H,25,29). The van der Waals surface area contributed by atoms with Gasteiger partial charge in [0.1, 0.15) is 5.82 Å². The molecule has 4 rings (SSSR count). The molecule has 0 bridgehead atoms. The molecule has 2 aromatic rings. The minimum Gasteiger partial charge on any atom is -0.379 e. The van der Waals surface area contributed by atoms with Crippen LogP contribution < -0.4 is 10.2 Å². The highest BCUT2D eigenvalue weighted by Crippen LogP contribution is 2.28. The Hall–Kier alpha value is -2.77. The summed E-state index contributed by atoms with van der Waals surface area (Å²) in [5, 5.41) is 3.03. The van der Waals surface area contributed by atoms with Crippen LogP contribution in [0.2, 0.25) is 0 Å². The van der Waals surface area contributed by atoms with Gasteiger partial charge in [0.15, 0.2) is 0 Å². The first-order valence-corrected chi connectivity index (χ1v) is 10.3. The van der Waals surface area contributed by atoms with Crippen molar-refractivity contribution in [1.82, 2.24) is 10.2 Å². The molecule has 2 aliphatic rings. The number of amides is 2. The molecule has 0 spiro atoms. The van der Waals surface area contributed by atoms with E-state index in [1.165, 1.54) is 11.0 Å². The van der Waals surface area contributed by atoms with Gasteiger partial charge < -0.3 is 15.0 Å². The molecule has 0 saturated carbocycles. The van der Waals surface area contributed by atoms with Crippen molar-refractivity contribution in [3.63, 3.8) is 0 Å². The Labute approximate surface area is 175 Å². The summed E-state index contributed by atoms with van der Waals surface area (Å²) in [5.74, 6) is -1.34. The van der Waals surface area contributed by atoms with Crippen LogP contribution in [0.4, 0.5) is 10.1 Å². The van der Waals surface area contributed by atoms with E-state index in [-0.39, 0.29) is 36.5 Å². The molecule has 2 aliphatic heterocycles. The molecule has 1 N–H and O–H groups in total. The summed E-state index contributed by atoms with van der Waals surface area (Å²) in [6, 6.07) is 16.3. The monoisotopic (exact) mass is 411 g/mol. The van der Waals surface area contributed by atoms with E-state index >= 15 is 0 Å². The highest BCUT2D eigenvalue weighted by atomic mass is 19.1. The van der Waals surface area contributed by atoms with E-state index in [4.69, 9.17) is 4.74 Å². The van der Waals surface area contributed by atoms with E-state index in [1.807, 2.05) is 18.2 Å². The first-order chi connectivity index (χ1) is 14.6. The van der Waals surface area contributed by atoms with Crippen molar-refractivity contribution >= 4 is 17.5 Å². The number of benzene rings is 2. The van der Waals surface area contributed by atoms with Gasteiger partial charge in [0, 0.05) is 32.6 Å². The second-order valence-corrected chi connectivity index (χ2v) is 7.68. The molecule has 2 aromatic carbocycles. The number of ether oxygens (including phenoxy) is 1. The Bertz CT molecular complexity index is 886. The van der Waals surface area contributed by atoms with E-state index in [1.54, 1.807) is 18.2 Å². The van der Waals surface area contributed by atoms with Crippen LogP contribution in [-0.4, -0.2) is 56.1 Å². The lowest BCUT2D eigenvalue weighted by Crippen LogP contribution is -2.45. The minimum atomic E-state index is -0.488. The van der Waals surface area contributed by atoms with Gasteiger partial charge in [-0.2, -0.15) is 0 Å². The third-order valence-electron chi connectivity index (χ3n) is 5.78. The van der Waals surface area contributed by atoms with Gasteiger partial charge in [0.2, 0.25) is 11.8 Å². The Morgan fingerprint density at radius 3 is 2.53 bits per heavy atom. The Morgan fingerprint density at radius 1 is 1.10 bits per heavy atom. The van der Waals surface area contributed by atoms with Crippen LogP contribution in [0.3, 0.4) is 0 Å². The van der Waals surface area contributed by atoms with Crippen LogP contribution >= 0.6 is 0 Å². The lowest BCUT2D eigenvalue weighted by Gasteiger charge is -2.35. The summed E-state index contributed by atoms with van der Waals surface area (Å²) in [6.07, 6.45) is 0.0910. The van der Waals surface area contributed by atoms with Gasteiger partial charge in [-0.3, -0.25) is 14.5 Å². The zero-order valence-corrected chi connectivity index (χ0v) is 16.8. The number of halogens is 1. The van der Waals surface area contributed by atoms with E-state index < -0.39 is 11.7 Å². The largest absolute Gasteiger partial charge is 0.379 e. The summed E-state index contributed by atoms with van der Waals surface area (Å²) in [7, 11) is 0. The van der Waals surface area contributed by atoms with Gasteiger partial charge in [-0.05, 0) is 17.7 Å². The Kier molecular flexibility index (Phi) is 6.40. The number of para-hydroxylation sites is 1. The number of carbonyl (C=O) groups excluding carboxylic acids is 2. The lowest BCUT2D eigenvalue weighted by atomic mass is 10.0. The maximum Gasteiger partial charge on any atom is 0.227 e. The summed E-state index contributed by atoms with van der Waals surface area (Å²) in [5.41, 5.74) is 1.36. The minimum absolute atomic E-state index is 0.0406. The van der Waals surface area contributed by atoms with Crippen LogP contribution in [0.5, 0.6) is 0 Å². The third kappa shape index (κ3) is 4.52. The molecule has 0 aromatic heterocycles. The first-order valence-electron chi connectivity index (χ1n) is 10.3. The number of anilines is 1. The number of nitrogens with zero attached hydrogens (tertiary/aromatic N) is 2. The maximum absolute atomic E-state index is 14.1. The molecule has 2 saturated heterocycles. The lowest BCUT2D eigenvalue weighted by molar-refractivity contribution is -0.126. The van der Waals surface area contributed by atoms with Crippen molar-refractivity contribution in [3.05, 3.63) is 66.0 Å². The summed E-state index contributed by atoms with van der Waals surface area (Å²) in [6.45, 7) is 3.60. The molecule has 2 unspecified atom stereocenters. The summed E-state index contributed by atoms with van der Waals surface area (Å²) in [4.78, 5) is 28.9. The van der Waals surface area contributed by atoms with Gasteiger partial charge in [0.25, 0.3) is 0 Å². The van der Waals surface area contributed by atoms with Crippen LogP contribution in [0, 0.1) is 11.7 Å². The van der Waals surface area contributed by atoms with Crippen molar-refractivity contribution in [2.24, 2.45) is 5.92 Å². The molecular weight excluding hydrogens is 385 g/mol. The predicted octanol–water partition coefficient (Wildman–Crippen LogP) is 2.37. The van der Waals surface area contributed by atoms with Gasteiger partial charge in [-0.15, -0.1) is 0 Å². The topological polar surface area (TPSA) is 61.9 Å². The Balaban J connectivity index is 1.41. The van der Waals surface area contributed by atoms with E-state index in [9.17, 15) is 14.0 Å². The molecule has 2 fully saturated rings. The highest BCUT2D eigenvalue weighted by Gasteiger charge is 2.36. The number of morpholine rings is 1. The van der Waals surface area contributed by atoms with Crippen molar-refractivity contribution in [3.8, 4) is 0 Å². The van der Waals surface area contributed by atoms with Crippen LogP contribution in [0.25, 0.3) is 0 Å². The number of hydrogen-bond acceptors (Lipinski definition) is 4. The zero-order valence-electron chi connectivity index (χ0n) is 16.8. The van der Waals surface area contributed by atoms with Gasteiger partial charge in [-0.1, -0.05) is 42.5 Å². The van der Waals surface area contributed by atoms with Gasteiger partial charge in [0.05, 0.1) is 30.9 Å². The molecule has 0 aliphatic carbocycles. The smallest absolute Gasteiger partial charge is 0.227 e. The van der Waals surface area contributed by atoms with Crippen molar-refractivity contribution in [2.75, 3.05) is 44.3 Å². The number of rotatable bonds is 6. The molecule has 30 heavy (non-hydrogen) atoms. The van der Waals surface area contributed by atoms with Gasteiger partial charge >= 0.3 is 0 Å². The van der Waals surface area contributed by atoms with Crippen LogP contribution in [0.15, 0.2) is 54.6 Å². The van der Waals surface area contributed by atoms with Crippen LogP contribution in [0.1, 0.15) is 18.0 Å². The molecule has 0 radical (unpaired) electrons. The average Bonchev–Trinajstić information content (AvgIpc) is 3.17. The average molecular weight is 411 g/mol. The number of hydrogen-bond donors (Lipinski definition) is 1. The molecular formula is C23H26FN3O3. The van der Waals surface area contributed by atoms with Gasteiger partial charge in [-0.25, -0.2) is 4.39 Å². The fourth-order valence-corrected chi connectivity index (χ4v) is 4.15. The van der Waals surface area contributed by atoms with Crippen molar-refractivity contribution < 1.29 is 18.7 Å². The molecule has 2 amide bonds. The third-order valence-corrected chi connectivity index (χ3v) is 5.78. The quantitative estimate of drug-likeness (QED) is 0.793. The van der Waals surface area contributed by atoms with E-state index in [0.717, 1.165) is 18.7 Å². The van der Waals surface area contributed by atoms with E-state index in [0.29, 0.717) is 19.8 Å². The van der Waals surface area contributed by atoms with Crippen molar-refractivity contribution in [2.45, 2.75) is 12.5 Å². The zero-order chi connectivity index (χ0) is 20.9. The molecule has 2 atom stereocenters. The molecule has 7 heteroatoms. The predicted molar refractivity (Wildman–Crippen MR) is 111 cm³/mol. The Morgan fingerprint density at radius 2 is 1.80 bits per heavy atom. The second kappa shape index (κ2) is 9.36. The molecule has 2 heterocycles. The summed E-state index contributed by atoms with van der Waals surface area (Å²) < 4.78 is 19.5. The first kappa shape index (κ1) is 20.5. The van der Waals surface area contributed by atoms with E-state index in [2.05, 4.69) is 22.3 Å². The fraction of sp³-hybridized carbons (Fsp3) is 0.391. The molecule has 6 nitrogen and oxygen atoms in total. The van der Waals surface area contributed by atoms with Crippen molar-refractivity contribution in [1.29, 1.82) is 0 Å². The second-order valence-electron chi connectivity index (χ2n) is 7.68. The molecule has 158 valence electrons. The SMILES string of the molecule is O=C(NCC(c1ccccc1)N1CCOCC1)C1CC(=O)N(c2ccccc2F)C1. The summed E-state index contributed by atoms with van der Waals surface area (Å²) >= 11 is 0. The maximum atomic E-state index is 14.1.